The molecule has 0 saturated heterocycles. The SMILES string of the molecule is NCCSc1ccc(Cl)cc1.[Cl-]. The summed E-state index contributed by atoms with van der Waals surface area (Å²) in [6, 6.07) is 7.78. The number of rotatable bonds is 3. The lowest BCUT2D eigenvalue weighted by atomic mass is 10.4. The molecule has 68 valence electrons. The average molecular weight is 223 g/mol. The second-order valence-corrected chi connectivity index (χ2v) is 3.70. The first-order valence-corrected chi connectivity index (χ1v) is 4.77. The van der Waals surface area contributed by atoms with E-state index in [0.717, 1.165) is 10.8 Å². The Bertz CT molecular complexity index is 213. The quantitative estimate of drug-likeness (QED) is 0.692. The van der Waals surface area contributed by atoms with Gasteiger partial charge in [0.25, 0.3) is 0 Å². The smallest absolute Gasteiger partial charge is 0.0406 e. The Kier molecular flexibility index (Phi) is 6.67. The molecule has 0 saturated carbocycles. The van der Waals surface area contributed by atoms with Gasteiger partial charge in [-0.15, -0.1) is 11.8 Å². The van der Waals surface area contributed by atoms with Crippen LogP contribution in [0.25, 0.3) is 0 Å². The lowest BCUT2D eigenvalue weighted by Gasteiger charge is -1.98. The molecule has 1 aromatic rings. The summed E-state index contributed by atoms with van der Waals surface area (Å²) in [7, 11) is 0. The average Bonchev–Trinajstić information content (AvgIpc) is 2.04. The van der Waals surface area contributed by atoms with Crippen molar-refractivity contribution in [1.29, 1.82) is 0 Å². The van der Waals surface area contributed by atoms with Gasteiger partial charge in [0.05, 0.1) is 0 Å². The molecule has 0 bridgehead atoms. The van der Waals surface area contributed by atoms with Crippen molar-refractivity contribution < 1.29 is 12.4 Å². The van der Waals surface area contributed by atoms with Crippen molar-refractivity contribution in [3.05, 3.63) is 29.3 Å². The van der Waals surface area contributed by atoms with Crippen molar-refractivity contribution in [2.45, 2.75) is 4.90 Å². The largest absolute Gasteiger partial charge is 1.00 e. The molecule has 0 aliphatic carbocycles. The molecule has 0 radical (unpaired) electrons. The van der Waals surface area contributed by atoms with E-state index in [9.17, 15) is 0 Å². The summed E-state index contributed by atoms with van der Waals surface area (Å²) in [5, 5.41) is 0.780. The molecule has 0 amide bonds. The van der Waals surface area contributed by atoms with E-state index in [0.29, 0.717) is 6.54 Å². The van der Waals surface area contributed by atoms with Gasteiger partial charge < -0.3 is 18.1 Å². The third kappa shape index (κ3) is 4.21. The number of thioether (sulfide) groups is 1. The highest BCUT2D eigenvalue weighted by Gasteiger charge is 1.91. The molecule has 0 aromatic heterocycles. The zero-order chi connectivity index (χ0) is 8.10. The van der Waals surface area contributed by atoms with Crippen molar-refractivity contribution in [2.75, 3.05) is 12.3 Å². The molecule has 12 heavy (non-hydrogen) atoms. The van der Waals surface area contributed by atoms with Gasteiger partial charge in [-0.25, -0.2) is 0 Å². The summed E-state index contributed by atoms with van der Waals surface area (Å²) < 4.78 is 0. The van der Waals surface area contributed by atoms with E-state index in [1.165, 1.54) is 4.90 Å². The molecule has 0 unspecified atom stereocenters. The topological polar surface area (TPSA) is 26.0 Å². The number of nitrogens with two attached hydrogens (primary N) is 1. The lowest BCUT2D eigenvalue weighted by molar-refractivity contribution is -0.00000220. The van der Waals surface area contributed by atoms with Gasteiger partial charge in [-0.3, -0.25) is 0 Å². The summed E-state index contributed by atoms with van der Waals surface area (Å²) in [6.07, 6.45) is 0. The molecule has 1 rings (SSSR count). The summed E-state index contributed by atoms with van der Waals surface area (Å²) in [4.78, 5) is 1.22. The first-order chi connectivity index (χ1) is 5.33. The molecule has 0 aliphatic heterocycles. The fourth-order valence-electron chi connectivity index (χ4n) is 0.708. The standard InChI is InChI=1S/C8H10ClNS.ClH/c9-7-1-3-8(4-2-7)11-6-5-10;/h1-4H,5-6,10H2;1H/p-1. The summed E-state index contributed by atoms with van der Waals surface area (Å²) in [5.74, 6) is 0.960. The van der Waals surface area contributed by atoms with Crippen LogP contribution in [0.1, 0.15) is 0 Å². The van der Waals surface area contributed by atoms with Crippen molar-refractivity contribution in [3.63, 3.8) is 0 Å². The maximum absolute atomic E-state index is 5.71. The first kappa shape index (κ1) is 12.1. The van der Waals surface area contributed by atoms with Crippen LogP contribution >= 0.6 is 23.4 Å². The molecule has 0 aliphatic rings. The molecule has 2 N–H and O–H groups in total. The van der Waals surface area contributed by atoms with Gasteiger partial charge >= 0.3 is 0 Å². The van der Waals surface area contributed by atoms with Crippen LogP contribution in [0.15, 0.2) is 29.2 Å². The van der Waals surface area contributed by atoms with Crippen molar-refractivity contribution >= 4 is 23.4 Å². The van der Waals surface area contributed by atoms with Gasteiger partial charge in [-0.05, 0) is 24.3 Å². The van der Waals surface area contributed by atoms with Crippen LogP contribution in [0, 0.1) is 0 Å². The van der Waals surface area contributed by atoms with Crippen LogP contribution in [-0.4, -0.2) is 12.3 Å². The van der Waals surface area contributed by atoms with Crippen molar-refractivity contribution in [3.8, 4) is 0 Å². The van der Waals surface area contributed by atoms with E-state index >= 15 is 0 Å². The predicted molar refractivity (Wildman–Crippen MR) is 51.2 cm³/mol. The summed E-state index contributed by atoms with van der Waals surface area (Å²) in [5.41, 5.74) is 5.36. The normalized spacial score (nSPS) is 9.17. The van der Waals surface area contributed by atoms with E-state index in [1.807, 2.05) is 24.3 Å². The minimum atomic E-state index is 0. The molecular weight excluding hydrogens is 213 g/mol. The fraction of sp³-hybridized carbons (Fsp3) is 0.250. The molecule has 0 fully saturated rings. The number of hydrogen-bond donors (Lipinski definition) is 1. The zero-order valence-corrected chi connectivity index (χ0v) is 8.79. The predicted octanol–water partition coefficient (Wildman–Crippen LogP) is -0.605. The number of halogens is 2. The maximum atomic E-state index is 5.71. The Morgan fingerprint density at radius 1 is 1.25 bits per heavy atom. The third-order valence-electron chi connectivity index (χ3n) is 1.20. The third-order valence-corrected chi connectivity index (χ3v) is 2.50. The summed E-state index contributed by atoms with van der Waals surface area (Å²) >= 11 is 7.46. The second-order valence-electron chi connectivity index (χ2n) is 2.09. The van der Waals surface area contributed by atoms with E-state index in [-0.39, 0.29) is 12.4 Å². The molecule has 0 heterocycles. The van der Waals surface area contributed by atoms with E-state index in [1.54, 1.807) is 11.8 Å². The Balaban J connectivity index is 0.00000121. The molecule has 1 aromatic carbocycles. The van der Waals surface area contributed by atoms with Crippen molar-refractivity contribution in [2.24, 2.45) is 5.73 Å². The first-order valence-electron chi connectivity index (χ1n) is 3.41. The van der Waals surface area contributed by atoms with Gasteiger partial charge in [-0.2, -0.15) is 0 Å². The highest BCUT2D eigenvalue weighted by Crippen LogP contribution is 2.19. The Hall–Kier alpha value is 0.110. The second kappa shape index (κ2) is 6.61. The summed E-state index contributed by atoms with van der Waals surface area (Å²) in [6.45, 7) is 0.716. The number of benzene rings is 1. The van der Waals surface area contributed by atoms with Crippen LogP contribution in [0.3, 0.4) is 0 Å². The fourth-order valence-corrected chi connectivity index (χ4v) is 1.52. The molecule has 0 spiro atoms. The van der Waals surface area contributed by atoms with Crippen molar-refractivity contribution in [1.82, 2.24) is 0 Å². The molecule has 4 heteroatoms. The van der Waals surface area contributed by atoms with Gasteiger partial charge in [-0.1, -0.05) is 11.6 Å². The highest BCUT2D eigenvalue weighted by molar-refractivity contribution is 7.99. The van der Waals surface area contributed by atoms with Gasteiger partial charge in [0.2, 0.25) is 0 Å². The lowest BCUT2D eigenvalue weighted by Crippen LogP contribution is -3.00. The zero-order valence-electron chi connectivity index (χ0n) is 6.47. The Morgan fingerprint density at radius 3 is 2.33 bits per heavy atom. The van der Waals surface area contributed by atoms with Crippen LogP contribution in [-0.2, 0) is 0 Å². The van der Waals surface area contributed by atoms with Crippen LogP contribution in [0.4, 0.5) is 0 Å². The minimum absolute atomic E-state index is 0. The molecular formula is C8H10Cl2NS-. The van der Waals surface area contributed by atoms with Crippen LogP contribution in [0.5, 0.6) is 0 Å². The monoisotopic (exact) mass is 222 g/mol. The minimum Gasteiger partial charge on any atom is -1.00 e. The molecule has 0 atom stereocenters. The Labute approximate surface area is 88.1 Å². The highest BCUT2D eigenvalue weighted by atomic mass is 35.5. The molecule has 1 nitrogen and oxygen atoms in total. The van der Waals surface area contributed by atoms with E-state index < -0.39 is 0 Å². The Morgan fingerprint density at radius 2 is 1.83 bits per heavy atom. The maximum Gasteiger partial charge on any atom is 0.0406 e. The number of hydrogen-bond acceptors (Lipinski definition) is 2. The van der Waals surface area contributed by atoms with Crippen LogP contribution in [0.2, 0.25) is 5.02 Å². The van der Waals surface area contributed by atoms with E-state index in [2.05, 4.69) is 0 Å². The van der Waals surface area contributed by atoms with Gasteiger partial charge in [0.1, 0.15) is 0 Å². The van der Waals surface area contributed by atoms with Crippen LogP contribution < -0.4 is 18.1 Å². The van der Waals surface area contributed by atoms with E-state index in [4.69, 9.17) is 17.3 Å². The van der Waals surface area contributed by atoms with Gasteiger partial charge in [0, 0.05) is 22.2 Å². The van der Waals surface area contributed by atoms with Gasteiger partial charge in [0.15, 0.2) is 0 Å².